The fraction of sp³-hybridized carbons (Fsp3) is 0.300. The van der Waals surface area contributed by atoms with Gasteiger partial charge in [0.2, 0.25) is 10.0 Å². The van der Waals surface area contributed by atoms with Gasteiger partial charge in [-0.1, -0.05) is 6.07 Å². The molecule has 1 aliphatic rings. The first kappa shape index (κ1) is 10.9. The molecule has 2 rings (SSSR count). The molecule has 1 aromatic carbocycles. The summed E-state index contributed by atoms with van der Waals surface area (Å²) in [6.45, 7) is 0.643. The van der Waals surface area contributed by atoms with Crippen molar-refractivity contribution in [1.29, 1.82) is 5.26 Å². The summed E-state index contributed by atoms with van der Waals surface area (Å²) < 4.78 is 24.6. The van der Waals surface area contributed by atoms with Crippen LogP contribution in [0.1, 0.15) is 11.1 Å². The van der Waals surface area contributed by atoms with E-state index in [2.05, 4.69) is 0 Å². The van der Waals surface area contributed by atoms with E-state index in [9.17, 15) is 8.42 Å². The van der Waals surface area contributed by atoms with Gasteiger partial charge >= 0.3 is 0 Å². The second-order valence-corrected chi connectivity index (χ2v) is 5.68. The van der Waals surface area contributed by atoms with E-state index in [1.54, 1.807) is 18.2 Å². The molecule has 16 heavy (non-hydrogen) atoms. The molecule has 1 heterocycles. The van der Waals surface area contributed by atoms with Crippen molar-refractivity contribution in [2.45, 2.75) is 13.1 Å². The van der Waals surface area contributed by atoms with Gasteiger partial charge in [0.1, 0.15) is 0 Å². The predicted octanol–water partition coefficient (Wildman–Crippen LogP) is 0.438. The summed E-state index contributed by atoms with van der Waals surface area (Å²) in [5.74, 6) is -0.476. The van der Waals surface area contributed by atoms with Gasteiger partial charge < -0.3 is 5.73 Å². The zero-order valence-corrected chi connectivity index (χ0v) is 9.37. The Kier molecular flexibility index (Phi) is 2.58. The third-order valence-electron chi connectivity index (χ3n) is 2.56. The van der Waals surface area contributed by atoms with Crippen LogP contribution in [0.3, 0.4) is 0 Å². The number of nitrogens with zero attached hydrogens (tertiary/aromatic N) is 2. The highest BCUT2D eigenvalue weighted by molar-refractivity contribution is 7.89. The molecule has 0 saturated heterocycles. The molecule has 6 heteroatoms. The molecule has 0 bridgehead atoms. The summed E-state index contributed by atoms with van der Waals surface area (Å²) in [4.78, 5) is 0. The van der Waals surface area contributed by atoms with Crippen LogP contribution in [-0.2, 0) is 23.1 Å². The molecule has 0 fully saturated rings. The summed E-state index contributed by atoms with van der Waals surface area (Å²) in [6.07, 6.45) is 0. The van der Waals surface area contributed by atoms with E-state index >= 15 is 0 Å². The van der Waals surface area contributed by atoms with Crippen LogP contribution < -0.4 is 5.73 Å². The number of anilines is 1. The second-order valence-electron chi connectivity index (χ2n) is 3.71. The quantitative estimate of drug-likeness (QED) is 0.756. The Bertz CT molecular complexity index is 560. The summed E-state index contributed by atoms with van der Waals surface area (Å²) in [6, 6.07) is 7.02. The van der Waals surface area contributed by atoms with Crippen LogP contribution in [-0.4, -0.2) is 18.5 Å². The third kappa shape index (κ3) is 1.87. The number of fused-ring (bicyclic) bond motifs is 1. The summed E-state index contributed by atoms with van der Waals surface area (Å²) in [5.41, 5.74) is 8.12. The lowest BCUT2D eigenvalue weighted by molar-refractivity contribution is 0.434. The summed E-state index contributed by atoms with van der Waals surface area (Å²) in [5, 5.41) is 8.45. The van der Waals surface area contributed by atoms with Gasteiger partial charge in [0.25, 0.3) is 0 Å². The predicted molar refractivity (Wildman–Crippen MR) is 59.5 cm³/mol. The van der Waals surface area contributed by atoms with E-state index < -0.39 is 15.8 Å². The van der Waals surface area contributed by atoms with Gasteiger partial charge in [0.05, 0.1) is 6.07 Å². The average Bonchev–Trinajstić information content (AvgIpc) is 2.61. The van der Waals surface area contributed by atoms with Crippen molar-refractivity contribution in [2.24, 2.45) is 0 Å². The number of rotatable bonds is 2. The number of hydrogen-bond acceptors (Lipinski definition) is 4. The smallest absolute Gasteiger partial charge is 0.228 e. The van der Waals surface area contributed by atoms with Crippen molar-refractivity contribution in [3.63, 3.8) is 0 Å². The number of benzene rings is 1. The zero-order valence-electron chi connectivity index (χ0n) is 8.55. The number of hydrogen-bond donors (Lipinski definition) is 1. The average molecular weight is 237 g/mol. The topological polar surface area (TPSA) is 87.2 Å². The first-order chi connectivity index (χ1) is 7.53. The minimum Gasteiger partial charge on any atom is -0.399 e. The Labute approximate surface area is 94.1 Å². The van der Waals surface area contributed by atoms with Gasteiger partial charge in [0.15, 0.2) is 5.75 Å². The maximum absolute atomic E-state index is 11.7. The van der Waals surface area contributed by atoms with Crippen molar-refractivity contribution in [2.75, 3.05) is 11.5 Å². The molecule has 5 nitrogen and oxygen atoms in total. The van der Waals surface area contributed by atoms with Crippen LogP contribution in [0.15, 0.2) is 18.2 Å². The Balaban J connectivity index is 2.27. The Morgan fingerprint density at radius 2 is 2.06 bits per heavy atom. The Morgan fingerprint density at radius 3 is 2.75 bits per heavy atom. The fourth-order valence-electron chi connectivity index (χ4n) is 1.75. The lowest BCUT2D eigenvalue weighted by atomic mass is 10.1. The molecule has 84 valence electrons. The van der Waals surface area contributed by atoms with E-state index in [0.717, 1.165) is 11.1 Å². The summed E-state index contributed by atoms with van der Waals surface area (Å²) in [7, 11) is -3.46. The van der Waals surface area contributed by atoms with Crippen LogP contribution >= 0.6 is 0 Å². The molecule has 0 radical (unpaired) electrons. The van der Waals surface area contributed by atoms with Crippen LogP contribution in [0.4, 0.5) is 5.69 Å². The zero-order chi connectivity index (χ0) is 11.8. The molecular formula is C10H11N3O2S. The number of nitrogen functional groups attached to an aromatic ring is 1. The third-order valence-corrected chi connectivity index (χ3v) is 4.10. The van der Waals surface area contributed by atoms with Crippen LogP contribution in [0.5, 0.6) is 0 Å². The van der Waals surface area contributed by atoms with Crippen molar-refractivity contribution in [1.82, 2.24) is 4.31 Å². The largest absolute Gasteiger partial charge is 0.399 e. The molecule has 0 unspecified atom stereocenters. The van der Waals surface area contributed by atoms with Gasteiger partial charge in [-0.2, -0.15) is 9.57 Å². The molecule has 0 aromatic heterocycles. The van der Waals surface area contributed by atoms with Crippen molar-refractivity contribution in [3.05, 3.63) is 29.3 Å². The fourth-order valence-corrected chi connectivity index (χ4v) is 2.77. The highest BCUT2D eigenvalue weighted by atomic mass is 32.2. The maximum Gasteiger partial charge on any atom is 0.228 e. The van der Waals surface area contributed by atoms with Crippen molar-refractivity contribution in [3.8, 4) is 6.07 Å². The monoisotopic (exact) mass is 237 g/mol. The van der Waals surface area contributed by atoms with E-state index in [1.807, 2.05) is 6.07 Å². The first-order valence-corrected chi connectivity index (χ1v) is 6.36. The Morgan fingerprint density at radius 1 is 1.38 bits per heavy atom. The second kappa shape index (κ2) is 3.77. The van der Waals surface area contributed by atoms with Gasteiger partial charge in [-0.05, 0) is 23.3 Å². The van der Waals surface area contributed by atoms with Crippen molar-refractivity contribution < 1.29 is 8.42 Å². The van der Waals surface area contributed by atoms with Gasteiger partial charge in [-0.25, -0.2) is 8.42 Å². The highest BCUT2D eigenvalue weighted by Crippen LogP contribution is 2.26. The number of nitrogens with two attached hydrogens (primary N) is 1. The first-order valence-electron chi connectivity index (χ1n) is 4.75. The van der Waals surface area contributed by atoms with Gasteiger partial charge in [-0.15, -0.1) is 0 Å². The molecule has 1 aromatic rings. The van der Waals surface area contributed by atoms with E-state index in [-0.39, 0.29) is 0 Å². The Hall–Kier alpha value is -1.58. The number of nitriles is 1. The van der Waals surface area contributed by atoms with E-state index in [4.69, 9.17) is 11.0 Å². The molecule has 2 N–H and O–H groups in total. The van der Waals surface area contributed by atoms with E-state index in [0.29, 0.717) is 18.8 Å². The van der Waals surface area contributed by atoms with E-state index in [1.165, 1.54) is 4.31 Å². The lowest BCUT2D eigenvalue weighted by Gasteiger charge is -2.12. The number of sulfonamides is 1. The van der Waals surface area contributed by atoms with Gasteiger partial charge in [0, 0.05) is 18.8 Å². The normalized spacial score (nSPS) is 15.7. The minimum atomic E-state index is -3.46. The maximum atomic E-state index is 11.7. The molecule has 0 atom stereocenters. The molecule has 0 saturated carbocycles. The van der Waals surface area contributed by atoms with Crippen LogP contribution in [0.25, 0.3) is 0 Å². The van der Waals surface area contributed by atoms with Crippen molar-refractivity contribution >= 4 is 15.7 Å². The standard InChI is InChI=1S/C10H11N3O2S/c11-3-4-16(14,15)13-6-8-1-2-10(12)5-9(8)7-13/h1-2,5H,4,6-7,12H2. The summed E-state index contributed by atoms with van der Waals surface area (Å²) >= 11 is 0. The molecule has 0 spiro atoms. The minimum absolute atomic E-state index is 0.310. The molecule has 0 aliphatic carbocycles. The molecule has 0 amide bonds. The SMILES string of the molecule is N#CCS(=O)(=O)N1Cc2ccc(N)cc2C1. The van der Waals surface area contributed by atoms with Crippen LogP contribution in [0, 0.1) is 11.3 Å². The molecule has 1 aliphatic heterocycles. The van der Waals surface area contributed by atoms with Crippen LogP contribution in [0.2, 0.25) is 0 Å². The van der Waals surface area contributed by atoms with Gasteiger partial charge in [-0.3, -0.25) is 0 Å². The molecular weight excluding hydrogens is 226 g/mol. The highest BCUT2D eigenvalue weighted by Gasteiger charge is 2.28. The lowest BCUT2D eigenvalue weighted by Crippen LogP contribution is -2.27.